The topological polar surface area (TPSA) is 74.0 Å². The van der Waals surface area contributed by atoms with Crippen LogP contribution in [0, 0.1) is 10.1 Å². The van der Waals surface area contributed by atoms with Crippen LogP contribution < -0.4 is 5.32 Å². The van der Waals surface area contributed by atoms with E-state index < -0.39 is 5.03 Å². The molecular weight excluding hydrogens is 186 g/mol. The summed E-state index contributed by atoms with van der Waals surface area (Å²) in [5.74, 6) is 0.356. The van der Waals surface area contributed by atoms with Crippen molar-refractivity contribution in [1.29, 1.82) is 0 Å². The first-order chi connectivity index (χ1) is 6.63. The van der Waals surface area contributed by atoms with Gasteiger partial charge >= 0.3 is 0 Å². The Kier molecular flexibility index (Phi) is 3.63. The summed E-state index contributed by atoms with van der Waals surface area (Å²) in [7, 11) is 1.94. The highest BCUT2D eigenvalue weighted by Gasteiger charge is 2.21. The van der Waals surface area contributed by atoms with Crippen LogP contribution in [0.5, 0.6) is 0 Å². The highest BCUT2D eigenvalue weighted by molar-refractivity contribution is 5.79. The van der Waals surface area contributed by atoms with Gasteiger partial charge in [0.15, 0.2) is 5.03 Å². The summed E-state index contributed by atoms with van der Waals surface area (Å²) >= 11 is 0. The molecule has 0 unspecified atom stereocenters. The maximum absolute atomic E-state index is 10.2. The SMILES string of the molecule is CCCN1CN(C)CN/C1=N/[N+](=O)[O-]. The van der Waals surface area contributed by atoms with E-state index in [1.165, 1.54) is 0 Å². The number of hydrogen-bond donors (Lipinski definition) is 1. The molecule has 1 rings (SSSR count). The lowest BCUT2D eigenvalue weighted by Crippen LogP contribution is -2.56. The molecule has 7 nitrogen and oxygen atoms in total. The van der Waals surface area contributed by atoms with Crippen molar-refractivity contribution in [1.82, 2.24) is 15.1 Å². The molecule has 0 radical (unpaired) electrons. The number of guanidine groups is 1. The highest BCUT2D eigenvalue weighted by Crippen LogP contribution is 2.00. The zero-order chi connectivity index (χ0) is 10.6. The largest absolute Gasteiger partial charge is 0.338 e. The maximum Gasteiger partial charge on any atom is 0.273 e. The molecule has 0 atom stereocenters. The van der Waals surface area contributed by atoms with Gasteiger partial charge in [0.2, 0.25) is 0 Å². The van der Waals surface area contributed by atoms with Gasteiger partial charge in [-0.25, -0.2) is 10.1 Å². The van der Waals surface area contributed by atoms with Gasteiger partial charge < -0.3 is 10.2 Å². The third kappa shape index (κ3) is 2.84. The van der Waals surface area contributed by atoms with Crippen LogP contribution in [0.1, 0.15) is 13.3 Å². The molecule has 14 heavy (non-hydrogen) atoms. The summed E-state index contributed by atoms with van der Waals surface area (Å²) in [6.07, 6.45) is 0.937. The molecule has 80 valence electrons. The van der Waals surface area contributed by atoms with Crippen molar-refractivity contribution in [3.63, 3.8) is 0 Å². The second-order valence-corrected chi connectivity index (χ2v) is 3.26. The van der Waals surface area contributed by atoms with Gasteiger partial charge in [-0.05, 0) is 13.5 Å². The first-order valence-corrected chi connectivity index (χ1v) is 4.54. The summed E-state index contributed by atoms with van der Waals surface area (Å²) in [5.41, 5.74) is 0. The molecule has 1 saturated heterocycles. The van der Waals surface area contributed by atoms with E-state index in [0.29, 0.717) is 19.3 Å². The molecule has 1 aliphatic rings. The maximum atomic E-state index is 10.2. The first-order valence-electron chi connectivity index (χ1n) is 4.54. The Morgan fingerprint density at radius 2 is 2.43 bits per heavy atom. The number of hydrogen-bond acceptors (Lipinski definition) is 3. The molecule has 0 aliphatic carbocycles. The Morgan fingerprint density at radius 3 is 3.00 bits per heavy atom. The molecule has 1 aliphatic heterocycles. The van der Waals surface area contributed by atoms with Crippen LogP contribution in [0.15, 0.2) is 5.10 Å². The summed E-state index contributed by atoms with van der Waals surface area (Å²) in [4.78, 5) is 14.1. The van der Waals surface area contributed by atoms with Gasteiger partial charge in [0.1, 0.15) is 5.10 Å². The molecule has 0 amide bonds. The van der Waals surface area contributed by atoms with E-state index in [9.17, 15) is 10.1 Å². The van der Waals surface area contributed by atoms with Crippen LogP contribution in [0.4, 0.5) is 0 Å². The minimum absolute atomic E-state index is 0.356. The van der Waals surface area contributed by atoms with Gasteiger partial charge in [-0.2, -0.15) is 0 Å². The lowest BCUT2D eigenvalue weighted by molar-refractivity contribution is -0.486. The Morgan fingerprint density at radius 1 is 1.71 bits per heavy atom. The lowest BCUT2D eigenvalue weighted by Gasteiger charge is -2.34. The van der Waals surface area contributed by atoms with E-state index in [-0.39, 0.29) is 0 Å². The van der Waals surface area contributed by atoms with Gasteiger partial charge in [-0.1, -0.05) is 6.92 Å². The minimum atomic E-state index is -0.670. The van der Waals surface area contributed by atoms with Gasteiger partial charge in [-0.3, -0.25) is 4.90 Å². The Hall–Kier alpha value is -1.37. The van der Waals surface area contributed by atoms with Crippen molar-refractivity contribution in [3.05, 3.63) is 10.1 Å². The minimum Gasteiger partial charge on any atom is -0.338 e. The zero-order valence-corrected chi connectivity index (χ0v) is 8.43. The molecule has 0 saturated carbocycles. The lowest BCUT2D eigenvalue weighted by atomic mass is 10.4. The van der Waals surface area contributed by atoms with Crippen LogP contribution in [-0.2, 0) is 0 Å². The van der Waals surface area contributed by atoms with Crippen molar-refractivity contribution in [2.45, 2.75) is 13.3 Å². The second-order valence-electron chi connectivity index (χ2n) is 3.26. The molecule has 0 aromatic rings. The van der Waals surface area contributed by atoms with Crippen LogP contribution in [0.2, 0.25) is 0 Å². The van der Waals surface area contributed by atoms with Crippen LogP contribution in [0.25, 0.3) is 0 Å². The first kappa shape index (κ1) is 10.7. The fraction of sp³-hybridized carbons (Fsp3) is 0.857. The van der Waals surface area contributed by atoms with Crippen LogP contribution >= 0.6 is 0 Å². The summed E-state index contributed by atoms with van der Waals surface area (Å²) in [6.45, 7) is 4.06. The van der Waals surface area contributed by atoms with E-state index in [1.54, 1.807) is 0 Å². The smallest absolute Gasteiger partial charge is 0.273 e. The summed E-state index contributed by atoms with van der Waals surface area (Å²) in [5, 5.41) is 15.8. The van der Waals surface area contributed by atoms with Crippen molar-refractivity contribution < 1.29 is 5.03 Å². The molecule has 0 bridgehead atoms. The average molecular weight is 201 g/mol. The van der Waals surface area contributed by atoms with Gasteiger partial charge in [0.05, 0.1) is 13.3 Å². The average Bonchev–Trinajstić information content (AvgIpc) is 2.09. The predicted molar refractivity (Wildman–Crippen MR) is 52.1 cm³/mol. The molecule has 1 fully saturated rings. The van der Waals surface area contributed by atoms with Crippen LogP contribution in [-0.4, -0.2) is 47.7 Å². The van der Waals surface area contributed by atoms with Gasteiger partial charge in [0, 0.05) is 6.54 Å². The highest BCUT2D eigenvalue weighted by atomic mass is 16.7. The van der Waals surface area contributed by atoms with E-state index in [2.05, 4.69) is 10.4 Å². The third-order valence-corrected chi connectivity index (χ3v) is 1.89. The standard InChI is InChI=1S/C7H15N5O2/c1-3-4-11-6-10(2)5-8-7(11)9-12(13)14/h3-6H2,1-2H3,(H,8,9). The van der Waals surface area contributed by atoms with Crippen molar-refractivity contribution in [2.24, 2.45) is 5.10 Å². The van der Waals surface area contributed by atoms with E-state index in [4.69, 9.17) is 0 Å². The van der Waals surface area contributed by atoms with Gasteiger partial charge in [-0.15, -0.1) is 0 Å². The second kappa shape index (κ2) is 4.75. The third-order valence-electron chi connectivity index (χ3n) is 1.89. The number of nitrogens with one attached hydrogen (secondary N) is 1. The Bertz CT molecular complexity index is 242. The van der Waals surface area contributed by atoms with Crippen molar-refractivity contribution >= 4 is 5.96 Å². The fourth-order valence-electron chi connectivity index (χ4n) is 1.35. The van der Waals surface area contributed by atoms with Gasteiger partial charge in [0.25, 0.3) is 5.96 Å². The van der Waals surface area contributed by atoms with E-state index in [0.717, 1.165) is 13.0 Å². The summed E-state index contributed by atoms with van der Waals surface area (Å²) < 4.78 is 0. The number of hydrazone groups is 1. The molecular formula is C7H15N5O2. The van der Waals surface area contributed by atoms with E-state index in [1.807, 2.05) is 23.8 Å². The zero-order valence-electron chi connectivity index (χ0n) is 8.43. The fourth-order valence-corrected chi connectivity index (χ4v) is 1.35. The number of rotatable bonds is 3. The Balaban J connectivity index is 2.66. The Labute approximate surface area is 82.5 Å². The van der Waals surface area contributed by atoms with Crippen molar-refractivity contribution in [2.75, 3.05) is 26.9 Å². The van der Waals surface area contributed by atoms with E-state index >= 15 is 0 Å². The summed E-state index contributed by atoms with van der Waals surface area (Å²) in [6, 6.07) is 0. The van der Waals surface area contributed by atoms with Crippen molar-refractivity contribution in [3.8, 4) is 0 Å². The molecule has 1 heterocycles. The molecule has 1 N–H and O–H groups in total. The quantitative estimate of drug-likeness (QED) is 0.501. The number of nitrogens with zero attached hydrogens (tertiary/aromatic N) is 4. The molecule has 0 spiro atoms. The predicted octanol–water partition coefficient (Wildman–Crippen LogP) is -0.304. The molecule has 0 aromatic carbocycles. The molecule has 0 aromatic heterocycles. The monoisotopic (exact) mass is 201 g/mol. The molecule has 7 heteroatoms. The normalized spacial score (nSPS) is 21.0. The number of nitro groups is 1. The van der Waals surface area contributed by atoms with Crippen LogP contribution in [0.3, 0.4) is 0 Å².